The van der Waals surface area contributed by atoms with Crippen molar-refractivity contribution in [3.63, 3.8) is 0 Å². The third kappa shape index (κ3) is 2.91. The number of ether oxygens (including phenoxy) is 2. The first-order valence-electron chi connectivity index (χ1n) is 7.38. The summed E-state index contributed by atoms with van der Waals surface area (Å²) in [5.74, 6) is 0.982. The molecule has 2 heterocycles. The molecule has 2 N–H and O–H groups in total. The smallest absolute Gasteiger partial charge is 0.189 e. The van der Waals surface area contributed by atoms with E-state index in [1.165, 1.54) is 18.4 Å². The number of fused-ring (bicyclic) bond motifs is 1. The van der Waals surface area contributed by atoms with E-state index >= 15 is 0 Å². The van der Waals surface area contributed by atoms with Crippen molar-refractivity contribution in [2.24, 2.45) is 5.41 Å². The lowest BCUT2D eigenvalue weighted by Gasteiger charge is -2.37. The van der Waals surface area contributed by atoms with Gasteiger partial charge >= 0.3 is 0 Å². The Labute approximate surface area is 120 Å². The van der Waals surface area contributed by atoms with E-state index in [4.69, 9.17) is 15.2 Å². The second-order valence-electron chi connectivity index (χ2n) is 6.72. The van der Waals surface area contributed by atoms with Gasteiger partial charge in [0.05, 0.1) is 6.61 Å². The topological polar surface area (TPSA) is 47.7 Å². The number of hydrogen-bond acceptors (Lipinski definition) is 4. The van der Waals surface area contributed by atoms with Crippen LogP contribution in [0, 0.1) is 5.41 Å². The van der Waals surface area contributed by atoms with E-state index in [-0.39, 0.29) is 0 Å². The van der Waals surface area contributed by atoms with E-state index < -0.39 is 0 Å². The highest BCUT2D eigenvalue weighted by Gasteiger charge is 2.26. The molecule has 20 heavy (non-hydrogen) atoms. The molecule has 1 fully saturated rings. The molecular formula is C16H24N2O2. The molecule has 0 saturated carbocycles. The van der Waals surface area contributed by atoms with Crippen LogP contribution in [0.4, 0.5) is 5.69 Å². The van der Waals surface area contributed by atoms with Gasteiger partial charge in [-0.15, -0.1) is 0 Å². The third-order valence-corrected chi connectivity index (χ3v) is 4.41. The van der Waals surface area contributed by atoms with Gasteiger partial charge in [-0.1, -0.05) is 13.8 Å². The van der Waals surface area contributed by atoms with Crippen molar-refractivity contribution in [3.05, 3.63) is 23.3 Å². The van der Waals surface area contributed by atoms with Gasteiger partial charge in [0.15, 0.2) is 6.79 Å². The molecule has 2 aliphatic rings. The number of nitrogens with zero attached hydrogens (tertiary/aromatic N) is 1. The van der Waals surface area contributed by atoms with Crippen molar-refractivity contribution in [3.8, 4) is 5.75 Å². The van der Waals surface area contributed by atoms with Crippen LogP contribution in [0.3, 0.4) is 0 Å². The summed E-state index contributed by atoms with van der Waals surface area (Å²) in [4.78, 5) is 2.50. The van der Waals surface area contributed by atoms with Crippen LogP contribution < -0.4 is 10.5 Å². The van der Waals surface area contributed by atoms with Crippen LogP contribution in [0.2, 0.25) is 0 Å². The molecule has 0 aliphatic carbocycles. The second-order valence-corrected chi connectivity index (χ2v) is 6.72. The monoisotopic (exact) mass is 276 g/mol. The Bertz CT molecular complexity index is 489. The zero-order chi connectivity index (χ0) is 14.2. The molecule has 1 saturated heterocycles. The molecule has 0 amide bonds. The highest BCUT2D eigenvalue weighted by atomic mass is 16.7. The molecule has 0 unspecified atom stereocenters. The average Bonchev–Trinajstić information content (AvgIpc) is 2.41. The maximum atomic E-state index is 6.00. The summed E-state index contributed by atoms with van der Waals surface area (Å²) in [5.41, 5.74) is 9.55. The van der Waals surface area contributed by atoms with E-state index in [2.05, 4.69) is 18.7 Å². The second kappa shape index (κ2) is 5.26. The molecule has 1 aromatic carbocycles. The van der Waals surface area contributed by atoms with Crippen LogP contribution in [0.15, 0.2) is 12.1 Å². The van der Waals surface area contributed by atoms with Crippen molar-refractivity contribution in [1.82, 2.24) is 4.90 Å². The van der Waals surface area contributed by atoms with Crippen LogP contribution in [0.5, 0.6) is 5.75 Å². The molecule has 0 atom stereocenters. The highest BCUT2D eigenvalue weighted by molar-refractivity contribution is 5.53. The molecule has 0 spiro atoms. The minimum absolute atomic E-state index is 0.344. The lowest BCUT2D eigenvalue weighted by atomic mass is 9.82. The minimum atomic E-state index is 0.344. The number of piperidine rings is 1. The number of likely N-dealkylation sites (tertiary alicyclic amines) is 1. The van der Waals surface area contributed by atoms with E-state index in [1.54, 1.807) is 0 Å². The summed E-state index contributed by atoms with van der Waals surface area (Å²) < 4.78 is 11.0. The molecule has 3 rings (SSSR count). The molecule has 0 radical (unpaired) electrons. The van der Waals surface area contributed by atoms with Crippen LogP contribution in [0.1, 0.15) is 37.8 Å². The summed E-state index contributed by atoms with van der Waals surface area (Å²) in [7, 11) is 0. The molecule has 0 aromatic heterocycles. The number of nitrogens with two attached hydrogens (primary N) is 1. The van der Waals surface area contributed by atoms with Gasteiger partial charge in [-0.05, 0) is 43.5 Å². The molecular weight excluding hydrogens is 252 g/mol. The summed E-state index contributed by atoms with van der Waals surface area (Å²) in [6, 6.07) is 4.00. The van der Waals surface area contributed by atoms with Crippen LogP contribution in [-0.4, -0.2) is 24.8 Å². The number of rotatable bonds is 2. The fourth-order valence-corrected chi connectivity index (χ4v) is 3.00. The number of anilines is 1. The van der Waals surface area contributed by atoms with Gasteiger partial charge in [0.25, 0.3) is 0 Å². The molecule has 0 bridgehead atoms. The lowest BCUT2D eigenvalue weighted by molar-refractivity contribution is -0.0176. The van der Waals surface area contributed by atoms with Gasteiger partial charge in [-0.3, -0.25) is 4.90 Å². The van der Waals surface area contributed by atoms with E-state index in [0.717, 1.165) is 36.6 Å². The van der Waals surface area contributed by atoms with Crippen LogP contribution in [0.25, 0.3) is 0 Å². The number of hydrogen-bond donors (Lipinski definition) is 1. The fraction of sp³-hybridized carbons (Fsp3) is 0.625. The van der Waals surface area contributed by atoms with Crippen molar-refractivity contribution in [2.45, 2.75) is 39.8 Å². The van der Waals surface area contributed by atoms with Crippen molar-refractivity contribution < 1.29 is 9.47 Å². The SMILES string of the molecule is CC1(C)CCN(Cc2cc(N)cc3c2OCOC3)CC1. The van der Waals surface area contributed by atoms with Crippen LogP contribution in [-0.2, 0) is 17.9 Å². The van der Waals surface area contributed by atoms with Gasteiger partial charge < -0.3 is 15.2 Å². The zero-order valence-electron chi connectivity index (χ0n) is 12.4. The Morgan fingerprint density at radius 3 is 2.75 bits per heavy atom. The van der Waals surface area contributed by atoms with Crippen LogP contribution >= 0.6 is 0 Å². The van der Waals surface area contributed by atoms with Crippen molar-refractivity contribution >= 4 is 5.69 Å². The Hall–Kier alpha value is -1.26. The van der Waals surface area contributed by atoms with E-state index in [9.17, 15) is 0 Å². The summed E-state index contributed by atoms with van der Waals surface area (Å²) in [5, 5.41) is 0. The zero-order valence-corrected chi connectivity index (χ0v) is 12.4. The fourth-order valence-electron chi connectivity index (χ4n) is 3.00. The average molecular weight is 276 g/mol. The standard InChI is InChI=1S/C16H24N2O2/c1-16(2)3-5-18(6-4-16)9-12-7-14(17)8-13-10-19-11-20-15(12)13/h7-8H,3-6,9-11,17H2,1-2H3. The third-order valence-electron chi connectivity index (χ3n) is 4.41. The molecule has 4 nitrogen and oxygen atoms in total. The Kier molecular flexibility index (Phi) is 3.61. The normalized spacial score (nSPS) is 22.1. The largest absolute Gasteiger partial charge is 0.467 e. The van der Waals surface area contributed by atoms with E-state index in [0.29, 0.717) is 18.8 Å². The number of nitrogen functional groups attached to an aromatic ring is 1. The Morgan fingerprint density at radius 2 is 2.00 bits per heavy atom. The van der Waals surface area contributed by atoms with Gasteiger partial charge in [-0.2, -0.15) is 0 Å². The summed E-state index contributed by atoms with van der Waals surface area (Å²) in [6.45, 7) is 8.86. The van der Waals surface area contributed by atoms with Gasteiger partial charge in [0.2, 0.25) is 0 Å². The highest BCUT2D eigenvalue weighted by Crippen LogP contribution is 2.34. The maximum absolute atomic E-state index is 6.00. The van der Waals surface area contributed by atoms with Gasteiger partial charge in [-0.25, -0.2) is 0 Å². The molecule has 1 aromatic rings. The maximum Gasteiger partial charge on any atom is 0.189 e. The summed E-state index contributed by atoms with van der Waals surface area (Å²) in [6.07, 6.45) is 2.50. The first-order valence-corrected chi connectivity index (χ1v) is 7.38. The first kappa shape index (κ1) is 13.7. The quantitative estimate of drug-likeness (QED) is 0.844. The predicted octanol–water partition coefficient (Wildman–Crippen LogP) is 2.76. The van der Waals surface area contributed by atoms with Crippen molar-refractivity contribution in [2.75, 3.05) is 25.6 Å². The number of benzene rings is 1. The van der Waals surface area contributed by atoms with E-state index in [1.807, 2.05) is 12.1 Å². The minimum Gasteiger partial charge on any atom is -0.467 e. The molecule has 110 valence electrons. The van der Waals surface area contributed by atoms with Gasteiger partial charge in [0, 0.05) is 23.4 Å². The predicted molar refractivity (Wildman–Crippen MR) is 79.4 cm³/mol. The molecule has 4 heteroatoms. The molecule has 2 aliphatic heterocycles. The Morgan fingerprint density at radius 1 is 1.25 bits per heavy atom. The van der Waals surface area contributed by atoms with Gasteiger partial charge in [0.1, 0.15) is 5.75 Å². The first-order chi connectivity index (χ1) is 9.53. The Balaban J connectivity index is 1.76. The lowest BCUT2D eigenvalue weighted by Crippen LogP contribution is -2.37. The van der Waals surface area contributed by atoms with Crippen molar-refractivity contribution in [1.29, 1.82) is 0 Å². The summed E-state index contributed by atoms with van der Waals surface area (Å²) >= 11 is 0.